The molecule has 0 N–H and O–H groups in total. The molecule has 2 rings (SSSR count). The zero-order valence-electron chi connectivity index (χ0n) is 12.0. The van der Waals surface area contributed by atoms with Crippen LogP contribution in [0.1, 0.15) is 46.4 Å². The number of rotatable bonds is 3. The van der Waals surface area contributed by atoms with Crippen molar-refractivity contribution in [2.75, 3.05) is 0 Å². The van der Waals surface area contributed by atoms with E-state index in [0.717, 1.165) is 10.4 Å². The second-order valence-electron chi connectivity index (χ2n) is 5.94. The fraction of sp³-hybridized carbons (Fsp3) is 0.353. The first-order valence-electron chi connectivity index (χ1n) is 6.56. The van der Waals surface area contributed by atoms with Crippen LogP contribution in [0.5, 0.6) is 0 Å². The van der Waals surface area contributed by atoms with Gasteiger partial charge in [-0.15, -0.1) is 11.3 Å². The Kier molecular flexibility index (Phi) is 3.91. The maximum atomic E-state index is 12.3. The molecule has 0 amide bonds. The van der Waals surface area contributed by atoms with E-state index < -0.39 is 0 Å². The van der Waals surface area contributed by atoms with Crippen molar-refractivity contribution in [1.82, 2.24) is 0 Å². The molecular formula is C17H20OS. The highest BCUT2D eigenvalue weighted by atomic mass is 32.1. The summed E-state index contributed by atoms with van der Waals surface area (Å²) in [5, 5.41) is 0. The Hall–Kier alpha value is -1.41. The van der Waals surface area contributed by atoms with E-state index in [-0.39, 0.29) is 11.2 Å². The number of carbonyl (C=O) groups excluding carboxylic acids is 1. The maximum absolute atomic E-state index is 12.3. The second-order valence-corrected chi connectivity index (χ2v) is 7.02. The molecule has 0 fully saturated rings. The Labute approximate surface area is 119 Å². The number of ketones is 1. The molecule has 0 radical (unpaired) electrons. The van der Waals surface area contributed by atoms with E-state index in [2.05, 4.69) is 39.8 Å². The summed E-state index contributed by atoms with van der Waals surface area (Å²) >= 11 is 1.62. The molecule has 0 aliphatic rings. The van der Waals surface area contributed by atoms with Crippen LogP contribution in [0.15, 0.2) is 36.4 Å². The van der Waals surface area contributed by atoms with Crippen LogP contribution in [0.4, 0.5) is 0 Å². The number of hydrogen-bond acceptors (Lipinski definition) is 2. The summed E-state index contributed by atoms with van der Waals surface area (Å²) in [5.41, 5.74) is 2.42. The van der Waals surface area contributed by atoms with Crippen LogP contribution >= 0.6 is 11.3 Å². The second kappa shape index (κ2) is 5.30. The summed E-state index contributed by atoms with van der Waals surface area (Å²) in [4.78, 5) is 14.5. The van der Waals surface area contributed by atoms with E-state index in [1.54, 1.807) is 11.3 Å². The monoisotopic (exact) mass is 272 g/mol. The largest absolute Gasteiger partial charge is 0.293 e. The summed E-state index contributed by atoms with van der Waals surface area (Å²) in [7, 11) is 0. The molecule has 1 nitrogen and oxygen atoms in total. The van der Waals surface area contributed by atoms with Gasteiger partial charge in [-0.25, -0.2) is 0 Å². The molecule has 1 heterocycles. The molecule has 0 aliphatic carbocycles. The van der Waals surface area contributed by atoms with Crippen LogP contribution < -0.4 is 0 Å². The Morgan fingerprint density at radius 3 is 2.37 bits per heavy atom. The topological polar surface area (TPSA) is 17.1 Å². The average Bonchev–Trinajstić information content (AvgIpc) is 2.81. The minimum absolute atomic E-state index is 0.117. The molecule has 0 unspecified atom stereocenters. The molecule has 1 aromatic heterocycles. The third-order valence-corrected chi connectivity index (χ3v) is 4.78. The van der Waals surface area contributed by atoms with Gasteiger partial charge in [-0.2, -0.15) is 0 Å². The van der Waals surface area contributed by atoms with E-state index in [0.29, 0.717) is 6.42 Å². The third-order valence-electron chi connectivity index (χ3n) is 3.23. The Morgan fingerprint density at radius 1 is 1.11 bits per heavy atom. The lowest BCUT2D eigenvalue weighted by molar-refractivity contribution is 0.0996. The number of carbonyl (C=O) groups is 1. The predicted octanol–water partition coefficient (Wildman–Crippen LogP) is 4.78. The maximum Gasteiger partial charge on any atom is 0.177 e. The normalized spacial score (nSPS) is 11.6. The van der Waals surface area contributed by atoms with Gasteiger partial charge in [0.25, 0.3) is 0 Å². The zero-order valence-corrected chi connectivity index (χ0v) is 12.8. The van der Waals surface area contributed by atoms with Crippen molar-refractivity contribution in [2.24, 2.45) is 0 Å². The molecule has 100 valence electrons. The van der Waals surface area contributed by atoms with Gasteiger partial charge < -0.3 is 0 Å². The van der Waals surface area contributed by atoms with Crippen LogP contribution in [0.2, 0.25) is 0 Å². The Morgan fingerprint density at radius 2 is 1.79 bits per heavy atom. The molecule has 0 atom stereocenters. The summed E-state index contributed by atoms with van der Waals surface area (Å²) < 4.78 is 0. The van der Waals surface area contributed by atoms with E-state index in [4.69, 9.17) is 0 Å². The van der Waals surface area contributed by atoms with Crippen LogP contribution in [0, 0.1) is 6.92 Å². The highest BCUT2D eigenvalue weighted by molar-refractivity contribution is 7.14. The van der Waals surface area contributed by atoms with Crippen molar-refractivity contribution in [3.63, 3.8) is 0 Å². The van der Waals surface area contributed by atoms with Crippen LogP contribution in [-0.2, 0) is 11.8 Å². The number of hydrogen-bond donors (Lipinski definition) is 0. The fourth-order valence-electron chi connectivity index (χ4n) is 1.96. The van der Waals surface area contributed by atoms with Crippen molar-refractivity contribution in [3.05, 3.63) is 57.3 Å². The standard InChI is InChI=1S/C17H20OS/c1-12-7-5-6-8-13(12)11-14(18)15-9-10-16(19-15)17(2,3)4/h5-10H,11H2,1-4H3. The first-order chi connectivity index (χ1) is 8.88. The van der Waals surface area contributed by atoms with Gasteiger partial charge in [0.2, 0.25) is 0 Å². The number of thiophene rings is 1. The van der Waals surface area contributed by atoms with Gasteiger partial charge in [0.1, 0.15) is 0 Å². The van der Waals surface area contributed by atoms with Crippen molar-refractivity contribution < 1.29 is 4.79 Å². The van der Waals surface area contributed by atoms with Gasteiger partial charge in [-0.05, 0) is 35.6 Å². The average molecular weight is 272 g/mol. The van der Waals surface area contributed by atoms with Crippen molar-refractivity contribution in [1.29, 1.82) is 0 Å². The van der Waals surface area contributed by atoms with E-state index in [1.807, 2.05) is 24.3 Å². The van der Waals surface area contributed by atoms with Crippen molar-refractivity contribution in [3.8, 4) is 0 Å². The SMILES string of the molecule is Cc1ccccc1CC(=O)c1ccc(C(C)(C)C)s1. The van der Waals surface area contributed by atoms with Gasteiger partial charge >= 0.3 is 0 Å². The number of Topliss-reactive ketones (excluding diaryl/α,β-unsaturated/α-hetero) is 1. The molecule has 19 heavy (non-hydrogen) atoms. The van der Waals surface area contributed by atoms with Crippen molar-refractivity contribution in [2.45, 2.75) is 39.5 Å². The molecular weight excluding hydrogens is 252 g/mol. The van der Waals surface area contributed by atoms with Crippen LogP contribution in [0.3, 0.4) is 0 Å². The van der Waals surface area contributed by atoms with Crippen molar-refractivity contribution >= 4 is 17.1 Å². The molecule has 2 heteroatoms. The molecule has 0 spiro atoms. The van der Waals surface area contributed by atoms with Gasteiger partial charge in [0.15, 0.2) is 5.78 Å². The quantitative estimate of drug-likeness (QED) is 0.735. The minimum atomic E-state index is 0.117. The molecule has 0 aliphatic heterocycles. The van der Waals surface area contributed by atoms with E-state index >= 15 is 0 Å². The zero-order chi connectivity index (χ0) is 14.0. The van der Waals surface area contributed by atoms with E-state index in [1.165, 1.54) is 10.4 Å². The molecule has 0 saturated heterocycles. The van der Waals surface area contributed by atoms with Crippen LogP contribution in [0.25, 0.3) is 0 Å². The predicted molar refractivity (Wildman–Crippen MR) is 82.2 cm³/mol. The fourth-order valence-corrected chi connectivity index (χ4v) is 2.96. The smallest absolute Gasteiger partial charge is 0.177 e. The number of aryl methyl sites for hydroxylation is 1. The lowest BCUT2D eigenvalue weighted by Crippen LogP contribution is -2.08. The first kappa shape index (κ1) is 14.0. The van der Waals surface area contributed by atoms with Gasteiger partial charge in [0, 0.05) is 11.3 Å². The Bertz CT molecular complexity index is 587. The van der Waals surface area contributed by atoms with Gasteiger partial charge in [0.05, 0.1) is 4.88 Å². The number of benzene rings is 1. The molecule has 2 aromatic rings. The van der Waals surface area contributed by atoms with Gasteiger partial charge in [-0.3, -0.25) is 4.79 Å². The van der Waals surface area contributed by atoms with E-state index in [9.17, 15) is 4.79 Å². The lowest BCUT2D eigenvalue weighted by atomic mass is 9.95. The van der Waals surface area contributed by atoms with Crippen LogP contribution in [-0.4, -0.2) is 5.78 Å². The third kappa shape index (κ3) is 3.32. The molecule has 0 saturated carbocycles. The summed E-state index contributed by atoms with van der Waals surface area (Å²) in [6, 6.07) is 12.1. The molecule has 1 aromatic carbocycles. The summed E-state index contributed by atoms with van der Waals surface area (Å²) in [5.74, 6) is 0.217. The lowest BCUT2D eigenvalue weighted by Gasteiger charge is -2.15. The first-order valence-corrected chi connectivity index (χ1v) is 7.37. The summed E-state index contributed by atoms with van der Waals surface area (Å²) in [6.45, 7) is 8.58. The molecule has 0 bridgehead atoms. The summed E-state index contributed by atoms with van der Waals surface area (Å²) in [6.07, 6.45) is 0.497. The minimum Gasteiger partial charge on any atom is -0.293 e. The highest BCUT2D eigenvalue weighted by Gasteiger charge is 2.18. The highest BCUT2D eigenvalue weighted by Crippen LogP contribution is 2.30. The van der Waals surface area contributed by atoms with Gasteiger partial charge in [-0.1, -0.05) is 45.0 Å². The Balaban J connectivity index is 2.17.